The van der Waals surface area contributed by atoms with E-state index in [9.17, 15) is 8.42 Å². The highest BCUT2D eigenvalue weighted by Crippen LogP contribution is 2.27. The largest absolute Gasteiger partial charge is 0.379 e. The summed E-state index contributed by atoms with van der Waals surface area (Å²) in [6, 6.07) is 5.26. The number of aromatic nitrogens is 2. The van der Waals surface area contributed by atoms with Gasteiger partial charge in [-0.25, -0.2) is 13.4 Å². The molecule has 0 radical (unpaired) electrons. The van der Waals surface area contributed by atoms with Gasteiger partial charge < -0.3 is 14.2 Å². The predicted molar refractivity (Wildman–Crippen MR) is 104 cm³/mol. The molecule has 1 aliphatic heterocycles. The first-order valence-electron chi connectivity index (χ1n) is 8.79. The van der Waals surface area contributed by atoms with Crippen molar-refractivity contribution in [1.29, 1.82) is 0 Å². The lowest BCUT2D eigenvalue weighted by Crippen LogP contribution is -2.40. The lowest BCUT2D eigenvalue weighted by Gasteiger charge is -2.26. The van der Waals surface area contributed by atoms with Gasteiger partial charge in [-0.2, -0.15) is 4.31 Å². The molecule has 9 heteroatoms. The van der Waals surface area contributed by atoms with E-state index >= 15 is 0 Å². The minimum absolute atomic E-state index is 0.303. The molecule has 2 aromatic rings. The summed E-state index contributed by atoms with van der Waals surface area (Å²) in [7, 11) is 0.594. The van der Waals surface area contributed by atoms with Crippen LogP contribution in [0.3, 0.4) is 0 Å². The van der Waals surface area contributed by atoms with Gasteiger partial charge in [-0.3, -0.25) is 0 Å². The predicted octanol–water partition coefficient (Wildman–Crippen LogP) is 1.73. The van der Waals surface area contributed by atoms with Gasteiger partial charge in [0.05, 0.1) is 29.1 Å². The number of hydrogen-bond donors (Lipinski definition) is 0. The van der Waals surface area contributed by atoms with Crippen molar-refractivity contribution in [3.8, 4) is 0 Å². The van der Waals surface area contributed by atoms with Crippen LogP contribution in [0.15, 0.2) is 28.3 Å². The number of ether oxygens (including phenoxy) is 1. The third-order valence-electron chi connectivity index (χ3n) is 4.38. The van der Waals surface area contributed by atoms with Gasteiger partial charge in [-0.15, -0.1) is 0 Å². The number of nitrogens with zero attached hydrogens (tertiary/aromatic N) is 4. The SMILES string of the molecule is CCn1c(SCCN(C)C)nc2cc(S(=O)(=O)N3CCOCC3)ccc21. The maximum atomic E-state index is 12.9. The molecule has 1 aliphatic rings. The van der Waals surface area contributed by atoms with Gasteiger partial charge in [0.15, 0.2) is 5.16 Å². The number of imidazole rings is 1. The second-order valence-electron chi connectivity index (χ2n) is 6.46. The molecule has 0 unspecified atom stereocenters. The summed E-state index contributed by atoms with van der Waals surface area (Å²) in [5, 5.41) is 0.935. The summed E-state index contributed by atoms with van der Waals surface area (Å²) in [4.78, 5) is 7.14. The van der Waals surface area contributed by atoms with Crippen LogP contribution in [0.5, 0.6) is 0 Å². The first-order chi connectivity index (χ1) is 12.4. The van der Waals surface area contributed by atoms with Gasteiger partial charge in [0.2, 0.25) is 10.0 Å². The second kappa shape index (κ2) is 8.26. The monoisotopic (exact) mass is 398 g/mol. The maximum Gasteiger partial charge on any atom is 0.243 e. The number of aryl methyl sites for hydroxylation is 1. The molecule has 1 aromatic heterocycles. The molecule has 0 aliphatic carbocycles. The first-order valence-corrected chi connectivity index (χ1v) is 11.2. The molecule has 0 atom stereocenters. The van der Waals surface area contributed by atoms with E-state index in [1.807, 2.05) is 20.2 Å². The van der Waals surface area contributed by atoms with E-state index in [1.165, 1.54) is 4.31 Å². The van der Waals surface area contributed by atoms with E-state index in [4.69, 9.17) is 9.72 Å². The summed E-state index contributed by atoms with van der Waals surface area (Å²) < 4.78 is 34.6. The van der Waals surface area contributed by atoms with Crippen molar-refractivity contribution in [1.82, 2.24) is 18.8 Å². The number of fused-ring (bicyclic) bond motifs is 1. The average molecular weight is 399 g/mol. The summed E-state index contributed by atoms with van der Waals surface area (Å²) in [5.74, 6) is 0.940. The molecule has 0 spiro atoms. The molecule has 0 bridgehead atoms. The molecule has 1 saturated heterocycles. The molecular weight excluding hydrogens is 372 g/mol. The molecule has 1 aromatic carbocycles. The van der Waals surface area contributed by atoms with E-state index in [-0.39, 0.29) is 0 Å². The Kier molecular flexibility index (Phi) is 6.24. The Morgan fingerprint density at radius 1 is 1.27 bits per heavy atom. The Morgan fingerprint density at radius 3 is 2.65 bits per heavy atom. The Morgan fingerprint density at radius 2 is 2.00 bits per heavy atom. The van der Waals surface area contributed by atoms with Crippen molar-refractivity contribution in [3.05, 3.63) is 18.2 Å². The second-order valence-corrected chi connectivity index (χ2v) is 9.46. The zero-order valence-corrected chi connectivity index (χ0v) is 17.1. The van der Waals surface area contributed by atoms with E-state index < -0.39 is 10.0 Å². The third kappa shape index (κ3) is 4.07. The van der Waals surface area contributed by atoms with Gasteiger partial charge in [-0.1, -0.05) is 11.8 Å². The number of benzene rings is 1. The topological polar surface area (TPSA) is 67.7 Å². The van der Waals surface area contributed by atoms with Crippen LogP contribution in [-0.2, 0) is 21.3 Å². The number of thioether (sulfide) groups is 1. The molecule has 144 valence electrons. The molecule has 0 amide bonds. The van der Waals surface area contributed by atoms with Crippen LogP contribution in [0.25, 0.3) is 11.0 Å². The van der Waals surface area contributed by atoms with Crippen molar-refractivity contribution in [2.75, 3.05) is 52.7 Å². The molecular formula is C17H26N4O3S2. The zero-order valence-electron chi connectivity index (χ0n) is 15.5. The number of rotatable bonds is 7. The Balaban J connectivity index is 1.90. The molecule has 1 fully saturated rings. The Hall–Kier alpha value is -1.13. The van der Waals surface area contributed by atoms with Crippen LogP contribution in [-0.4, -0.2) is 79.9 Å². The van der Waals surface area contributed by atoms with Crippen LogP contribution < -0.4 is 0 Å². The van der Waals surface area contributed by atoms with Crippen LogP contribution in [0.2, 0.25) is 0 Å². The van der Waals surface area contributed by atoms with Crippen LogP contribution >= 0.6 is 11.8 Å². The highest BCUT2D eigenvalue weighted by atomic mass is 32.2. The van der Waals surface area contributed by atoms with Gasteiger partial charge in [-0.05, 0) is 39.2 Å². The molecule has 26 heavy (non-hydrogen) atoms. The van der Waals surface area contributed by atoms with Crippen LogP contribution in [0.4, 0.5) is 0 Å². The van der Waals surface area contributed by atoms with Gasteiger partial charge in [0.25, 0.3) is 0 Å². The summed E-state index contributed by atoms with van der Waals surface area (Å²) in [6.45, 7) is 5.53. The van der Waals surface area contributed by atoms with Crippen molar-refractivity contribution in [2.45, 2.75) is 23.5 Å². The highest BCUT2D eigenvalue weighted by molar-refractivity contribution is 7.99. The van der Waals surface area contributed by atoms with E-state index in [2.05, 4.69) is 16.4 Å². The summed E-state index contributed by atoms with van der Waals surface area (Å²) >= 11 is 1.70. The molecule has 2 heterocycles. The quantitative estimate of drug-likeness (QED) is 0.662. The fourth-order valence-corrected chi connectivity index (χ4v) is 5.53. The Bertz CT molecular complexity index is 858. The highest BCUT2D eigenvalue weighted by Gasteiger charge is 2.27. The van der Waals surface area contributed by atoms with Gasteiger partial charge >= 0.3 is 0 Å². The van der Waals surface area contributed by atoms with Gasteiger partial charge in [0, 0.05) is 31.9 Å². The van der Waals surface area contributed by atoms with Crippen LogP contribution in [0, 0.1) is 0 Å². The van der Waals surface area contributed by atoms with E-state index in [0.29, 0.717) is 31.2 Å². The number of hydrogen-bond acceptors (Lipinski definition) is 6. The molecule has 0 saturated carbocycles. The average Bonchev–Trinajstić information content (AvgIpc) is 2.98. The Labute approximate surface area is 159 Å². The minimum Gasteiger partial charge on any atom is -0.379 e. The summed E-state index contributed by atoms with van der Waals surface area (Å²) in [5.41, 5.74) is 1.70. The lowest BCUT2D eigenvalue weighted by molar-refractivity contribution is 0.0730. The summed E-state index contributed by atoms with van der Waals surface area (Å²) in [6.07, 6.45) is 0. The van der Waals surface area contributed by atoms with Crippen molar-refractivity contribution in [3.63, 3.8) is 0 Å². The smallest absolute Gasteiger partial charge is 0.243 e. The molecule has 0 N–H and O–H groups in total. The maximum absolute atomic E-state index is 12.9. The fraction of sp³-hybridized carbons (Fsp3) is 0.588. The lowest BCUT2D eigenvalue weighted by atomic mass is 10.3. The van der Waals surface area contributed by atoms with Crippen molar-refractivity contribution >= 4 is 32.8 Å². The number of sulfonamides is 1. The van der Waals surface area contributed by atoms with E-state index in [0.717, 1.165) is 35.0 Å². The normalized spacial score (nSPS) is 16.6. The minimum atomic E-state index is -3.50. The first kappa shape index (κ1) is 19.6. The van der Waals surface area contributed by atoms with E-state index in [1.54, 1.807) is 23.9 Å². The van der Waals surface area contributed by atoms with Crippen molar-refractivity contribution < 1.29 is 13.2 Å². The fourth-order valence-electron chi connectivity index (χ4n) is 2.92. The van der Waals surface area contributed by atoms with Gasteiger partial charge in [0.1, 0.15) is 0 Å². The number of morpholine rings is 1. The molecule has 3 rings (SSSR count). The van der Waals surface area contributed by atoms with Crippen molar-refractivity contribution in [2.24, 2.45) is 0 Å². The zero-order chi connectivity index (χ0) is 18.7. The van der Waals surface area contributed by atoms with Crippen LogP contribution in [0.1, 0.15) is 6.92 Å². The molecule has 7 nitrogen and oxygen atoms in total. The third-order valence-corrected chi connectivity index (χ3v) is 7.23. The standard InChI is InChI=1S/C17H26N4O3S2/c1-4-21-16-6-5-14(26(22,23)20-7-10-24-11-8-20)13-15(16)18-17(21)25-12-9-19(2)3/h5-6,13H,4,7-12H2,1-3H3.